The Hall–Kier alpha value is -3.89. The smallest absolute Gasteiger partial charge is 0.391 e. The maximum absolute atomic E-state index is 12.5. The molecule has 4 heterocycles. The van der Waals surface area contributed by atoms with E-state index in [0.717, 1.165) is 22.7 Å². The Morgan fingerprint density at radius 3 is 2.03 bits per heavy atom. The van der Waals surface area contributed by atoms with Gasteiger partial charge in [-0.25, -0.2) is 18.2 Å². The first kappa shape index (κ1) is 26.2. The van der Waals surface area contributed by atoms with E-state index in [-0.39, 0.29) is 47.7 Å². The molecule has 37 heavy (non-hydrogen) atoms. The van der Waals surface area contributed by atoms with Crippen LogP contribution >= 0.6 is 22.7 Å². The number of carbonyl (C=O) groups excluding carboxylic acids is 2. The molecule has 13 nitrogen and oxygen atoms in total. The lowest BCUT2D eigenvalue weighted by Crippen LogP contribution is -2.17. The number of nitrogens with zero attached hydrogens (tertiary/aromatic N) is 6. The molecule has 0 aliphatic carbocycles. The van der Waals surface area contributed by atoms with Crippen LogP contribution in [0.1, 0.15) is 15.7 Å². The number of aromatic nitrogens is 6. The Morgan fingerprint density at radius 1 is 0.811 bits per heavy atom. The number of hydrogen-bond acceptors (Lipinski definition) is 13. The number of ether oxygens (including phenoxy) is 1. The van der Waals surface area contributed by atoms with Crippen molar-refractivity contribution in [2.45, 2.75) is 19.3 Å². The molecule has 0 bridgehead atoms. The third kappa shape index (κ3) is 8.62. The summed E-state index contributed by atoms with van der Waals surface area (Å²) in [7, 11) is -3.43. The Bertz CT molecular complexity index is 1340. The van der Waals surface area contributed by atoms with Gasteiger partial charge in [0.25, 0.3) is 0 Å². The fourth-order valence-electron chi connectivity index (χ4n) is 2.84. The summed E-state index contributed by atoms with van der Waals surface area (Å²) in [6.07, 6.45) is 2.71. The molecule has 192 valence electrons. The second-order valence-corrected chi connectivity index (χ2v) is 11.8. The van der Waals surface area contributed by atoms with E-state index in [4.69, 9.17) is 4.74 Å². The minimum atomic E-state index is -3.43. The SMILES string of the molecule is O=C(Cc1ccccn1)Nc1nnc(CCS(=O)(=O)CCc2nnc(NC(=O)Oc3ccccn3)s2)s1. The summed E-state index contributed by atoms with van der Waals surface area (Å²) in [5.41, 5.74) is 0.624. The molecule has 4 aromatic heterocycles. The van der Waals surface area contributed by atoms with Crippen molar-refractivity contribution in [1.29, 1.82) is 0 Å². The number of hydrogen-bond donors (Lipinski definition) is 2. The monoisotopic (exact) mass is 560 g/mol. The van der Waals surface area contributed by atoms with Crippen LogP contribution < -0.4 is 15.4 Å². The van der Waals surface area contributed by atoms with Gasteiger partial charge >= 0.3 is 6.09 Å². The molecule has 0 fully saturated rings. The number of pyridine rings is 2. The Balaban J connectivity index is 1.20. The van der Waals surface area contributed by atoms with Gasteiger partial charge in [-0.1, -0.05) is 34.8 Å². The van der Waals surface area contributed by atoms with Gasteiger partial charge in [0.15, 0.2) is 9.84 Å². The van der Waals surface area contributed by atoms with Gasteiger partial charge < -0.3 is 10.1 Å². The maximum Gasteiger partial charge on any atom is 0.420 e. The molecule has 16 heteroatoms. The summed E-state index contributed by atoms with van der Waals surface area (Å²) in [6, 6.07) is 10.2. The minimum Gasteiger partial charge on any atom is -0.391 e. The lowest BCUT2D eigenvalue weighted by atomic mass is 10.2. The quantitative estimate of drug-likeness (QED) is 0.274. The van der Waals surface area contributed by atoms with Gasteiger partial charge in [-0.05, 0) is 18.2 Å². The highest BCUT2D eigenvalue weighted by Gasteiger charge is 2.17. The van der Waals surface area contributed by atoms with Crippen molar-refractivity contribution in [3.63, 3.8) is 0 Å². The molecular formula is C21H20N8O5S3. The molecule has 2 amide bonds. The molecule has 0 saturated heterocycles. The van der Waals surface area contributed by atoms with Crippen molar-refractivity contribution in [3.05, 3.63) is 64.5 Å². The van der Waals surface area contributed by atoms with E-state index >= 15 is 0 Å². The van der Waals surface area contributed by atoms with Crippen molar-refractivity contribution >= 4 is 54.8 Å². The highest BCUT2D eigenvalue weighted by atomic mass is 32.2. The van der Waals surface area contributed by atoms with Crippen LogP contribution in [0.5, 0.6) is 5.88 Å². The molecule has 0 atom stereocenters. The number of amides is 2. The van der Waals surface area contributed by atoms with E-state index in [1.54, 1.807) is 36.5 Å². The van der Waals surface area contributed by atoms with Crippen molar-refractivity contribution in [2.75, 3.05) is 22.1 Å². The first-order valence-corrected chi connectivity index (χ1v) is 14.2. The molecule has 2 N–H and O–H groups in total. The number of anilines is 2. The first-order chi connectivity index (χ1) is 17.8. The zero-order chi connectivity index (χ0) is 26.1. The molecule has 0 radical (unpaired) electrons. The van der Waals surface area contributed by atoms with E-state index in [1.807, 2.05) is 0 Å². The number of rotatable bonds is 11. The number of aryl methyl sites for hydroxylation is 2. The molecule has 4 rings (SSSR count). The van der Waals surface area contributed by atoms with E-state index in [0.29, 0.717) is 20.8 Å². The second kappa shape index (κ2) is 12.4. The van der Waals surface area contributed by atoms with Crippen molar-refractivity contribution in [1.82, 2.24) is 30.4 Å². The molecule has 0 aromatic carbocycles. The topological polar surface area (TPSA) is 179 Å². The average molecular weight is 561 g/mol. The van der Waals surface area contributed by atoms with E-state index in [9.17, 15) is 18.0 Å². The summed E-state index contributed by atoms with van der Waals surface area (Å²) >= 11 is 2.17. The van der Waals surface area contributed by atoms with Crippen LogP contribution in [0.3, 0.4) is 0 Å². The second-order valence-electron chi connectivity index (χ2n) is 7.38. The average Bonchev–Trinajstić information content (AvgIpc) is 3.52. The van der Waals surface area contributed by atoms with Gasteiger partial charge in [0.1, 0.15) is 10.0 Å². The van der Waals surface area contributed by atoms with Crippen LogP contribution in [0.2, 0.25) is 0 Å². The minimum absolute atomic E-state index is 0.0956. The van der Waals surface area contributed by atoms with E-state index < -0.39 is 15.9 Å². The molecule has 0 spiro atoms. The highest BCUT2D eigenvalue weighted by Crippen LogP contribution is 2.19. The van der Waals surface area contributed by atoms with Crippen LogP contribution in [0.15, 0.2) is 48.8 Å². The maximum atomic E-state index is 12.5. The van der Waals surface area contributed by atoms with Gasteiger partial charge in [-0.2, -0.15) is 0 Å². The third-order valence-corrected chi connectivity index (χ3v) is 7.99. The summed E-state index contributed by atoms with van der Waals surface area (Å²) in [4.78, 5) is 32.0. The number of nitrogens with one attached hydrogen (secondary N) is 2. The lowest BCUT2D eigenvalue weighted by Gasteiger charge is -2.02. The summed E-state index contributed by atoms with van der Waals surface area (Å²) in [5.74, 6) is -0.439. The lowest BCUT2D eigenvalue weighted by molar-refractivity contribution is -0.115. The van der Waals surface area contributed by atoms with Crippen LogP contribution in [-0.2, 0) is 33.9 Å². The predicted octanol–water partition coefficient (Wildman–Crippen LogP) is 2.17. The van der Waals surface area contributed by atoms with Crippen LogP contribution in [-0.4, -0.2) is 62.3 Å². The Labute approximate surface area is 219 Å². The van der Waals surface area contributed by atoms with Crippen molar-refractivity contribution in [3.8, 4) is 5.88 Å². The first-order valence-electron chi connectivity index (χ1n) is 10.8. The van der Waals surface area contributed by atoms with Gasteiger partial charge in [0.2, 0.25) is 22.1 Å². The molecule has 0 saturated carbocycles. The summed E-state index contributed by atoms with van der Waals surface area (Å²) in [5, 5.41) is 22.1. The van der Waals surface area contributed by atoms with Crippen molar-refractivity contribution in [2.24, 2.45) is 0 Å². The van der Waals surface area contributed by atoms with Crippen LogP contribution in [0, 0.1) is 0 Å². The van der Waals surface area contributed by atoms with Crippen molar-refractivity contribution < 1.29 is 22.7 Å². The van der Waals surface area contributed by atoms with Crippen LogP contribution in [0.4, 0.5) is 15.1 Å². The number of carbonyl (C=O) groups is 2. The number of sulfone groups is 1. The molecule has 0 aliphatic heterocycles. The predicted molar refractivity (Wildman–Crippen MR) is 136 cm³/mol. The molecule has 0 aliphatic rings. The van der Waals surface area contributed by atoms with Crippen LogP contribution in [0.25, 0.3) is 0 Å². The van der Waals surface area contributed by atoms with Gasteiger partial charge in [0.05, 0.1) is 17.9 Å². The fourth-order valence-corrected chi connectivity index (χ4v) is 5.80. The zero-order valence-electron chi connectivity index (χ0n) is 19.1. The molecular weight excluding hydrogens is 540 g/mol. The molecule has 0 unspecified atom stereocenters. The highest BCUT2D eigenvalue weighted by molar-refractivity contribution is 7.91. The summed E-state index contributed by atoms with van der Waals surface area (Å²) < 4.78 is 30.0. The fraction of sp³-hybridized carbons (Fsp3) is 0.238. The normalized spacial score (nSPS) is 11.1. The Kier molecular flexibility index (Phi) is 8.76. The van der Waals surface area contributed by atoms with Gasteiger partial charge in [0, 0.05) is 37.0 Å². The summed E-state index contributed by atoms with van der Waals surface area (Å²) in [6.45, 7) is 0. The van der Waals surface area contributed by atoms with E-state index in [2.05, 4.69) is 41.0 Å². The zero-order valence-corrected chi connectivity index (χ0v) is 21.6. The largest absolute Gasteiger partial charge is 0.420 e. The van der Waals surface area contributed by atoms with Gasteiger partial charge in [-0.15, -0.1) is 20.4 Å². The van der Waals surface area contributed by atoms with Gasteiger partial charge in [-0.3, -0.25) is 15.1 Å². The third-order valence-electron chi connectivity index (χ3n) is 4.55. The molecule has 4 aromatic rings. The van der Waals surface area contributed by atoms with E-state index in [1.165, 1.54) is 12.3 Å². The Morgan fingerprint density at radius 2 is 1.43 bits per heavy atom. The standard InChI is InChI=1S/C21H20N8O5S3/c30-15(13-14-5-1-3-9-22-14)24-19-28-26-17(35-19)7-11-37(32,33)12-8-18-27-29-20(36-18)25-21(31)34-16-6-2-4-10-23-16/h1-6,9-10H,7-8,11-13H2,(H,24,28,30)(H,25,29,31).